The molecule has 58 heavy (non-hydrogen) atoms. The molecule has 11 aromatic rings. The topological polar surface area (TPSA) is 8.17 Å². The van der Waals surface area contributed by atoms with Crippen LogP contribution in [-0.4, -0.2) is 4.57 Å². The van der Waals surface area contributed by atoms with Gasteiger partial charge in [-0.2, -0.15) is 0 Å². The van der Waals surface area contributed by atoms with Gasteiger partial charge in [0.25, 0.3) is 0 Å². The highest BCUT2D eigenvalue weighted by atomic mass is 15.1. The first-order valence-electron chi connectivity index (χ1n) is 25.0. The summed E-state index contributed by atoms with van der Waals surface area (Å²) in [6.07, 6.45) is 0. The van der Waals surface area contributed by atoms with E-state index in [4.69, 9.17) is 0 Å². The molecule has 0 unspecified atom stereocenters. The molecule has 11 rings (SSSR count). The second kappa shape index (κ2) is 14.1. The van der Waals surface area contributed by atoms with E-state index in [0.717, 1.165) is 37.8 Å². The van der Waals surface area contributed by atoms with E-state index < -0.39 is 89.6 Å². The second-order valence-electron chi connectivity index (χ2n) is 13.9. The first kappa shape index (κ1) is 23.4. The van der Waals surface area contributed by atoms with Crippen LogP contribution in [0.3, 0.4) is 0 Å². The number of anilines is 3. The van der Waals surface area contributed by atoms with Crippen molar-refractivity contribution >= 4 is 60.4 Å². The van der Waals surface area contributed by atoms with Gasteiger partial charge >= 0.3 is 0 Å². The number of aromatic nitrogens is 1. The lowest BCUT2D eigenvalue weighted by atomic mass is 9.97. The van der Waals surface area contributed by atoms with Crippen molar-refractivity contribution in [1.82, 2.24) is 4.57 Å². The molecule has 0 bridgehead atoms. The summed E-state index contributed by atoms with van der Waals surface area (Å²) in [6, 6.07) is 41.0. The lowest BCUT2D eigenvalue weighted by molar-refractivity contribution is 1.18. The molecule has 0 aliphatic rings. The predicted molar refractivity (Wildman–Crippen MR) is 247 cm³/mol. The lowest BCUT2D eigenvalue weighted by Crippen LogP contribution is -2.10. The molecule has 0 saturated carbocycles. The van der Waals surface area contributed by atoms with E-state index in [1.165, 1.54) is 0 Å². The van der Waals surface area contributed by atoms with E-state index in [9.17, 15) is 16.4 Å². The van der Waals surface area contributed by atoms with Gasteiger partial charge in [0.05, 0.1) is 27.5 Å². The van der Waals surface area contributed by atoms with Crippen LogP contribution in [0.1, 0.15) is 16.4 Å². The molecule has 0 atom stereocenters. The van der Waals surface area contributed by atoms with Gasteiger partial charge in [-0.1, -0.05) is 170 Å². The number of para-hydroxylation sites is 2. The molecular formula is C56H38N2. The summed E-state index contributed by atoms with van der Waals surface area (Å²) in [7, 11) is 0. The van der Waals surface area contributed by atoms with Crippen LogP contribution in [0.4, 0.5) is 17.1 Å². The minimum atomic E-state index is -0.734. The van der Waals surface area contributed by atoms with Gasteiger partial charge in [0.1, 0.15) is 0 Å². The minimum Gasteiger partial charge on any atom is -0.310 e. The first-order valence-corrected chi connectivity index (χ1v) is 19.0. The van der Waals surface area contributed by atoms with Crippen LogP contribution < -0.4 is 4.90 Å². The molecule has 10 aromatic carbocycles. The summed E-state index contributed by atoms with van der Waals surface area (Å²) in [5.74, 6) is 0. The average molecular weight is 751 g/mol. The maximum atomic E-state index is 10.2. The number of nitrogens with zero attached hydrogens (tertiary/aromatic N) is 2. The van der Waals surface area contributed by atoms with Crippen molar-refractivity contribution in [2.24, 2.45) is 0 Å². The molecule has 1 aromatic heterocycles. The molecule has 1 heterocycles. The summed E-state index contributed by atoms with van der Waals surface area (Å²) in [4.78, 5) is 0.917. The van der Waals surface area contributed by atoms with Crippen LogP contribution in [0.5, 0.6) is 0 Å². The van der Waals surface area contributed by atoms with E-state index >= 15 is 0 Å². The summed E-state index contributed by atoms with van der Waals surface area (Å²) >= 11 is 0. The van der Waals surface area contributed by atoms with E-state index in [-0.39, 0.29) is 16.7 Å². The van der Waals surface area contributed by atoms with Gasteiger partial charge in [0.15, 0.2) is 0 Å². The van der Waals surface area contributed by atoms with E-state index in [2.05, 4.69) is 4.57 Å². The Kier molecular flexibility index (Phi) is 5.70. The predicted octanol–water partition coefficient (Wildman–Crippen LogP) is 15.6. The van der Waals surface area contributed by atoms with Crippen molar-refractivity contribution in [2.45, 2.75) is 0 Å². The fourth-order valence-corrected chi connectivity index (χ4v) is 7.99. The molecule has 0 radical (unpaired) electrons. The molecule has 0 saturated heterocycles. The van der Waals surface area contributed by atoms with Crippen molar-refractivity contribution < 1.29 is 16.4 Å². The number of hydrogen-bond donors (Lipinski definition) is 0. The van der Waals surface area contributed by atoms with E-state index in [1.807, 2.05) is 109 Å². The fraction of sp³-hybridized carbons (Fsp3) is 0. The van der Waals surface area contributed by atoms with E-state index in [1.54, 1.807) is 48.5 Å². The van der Waals surface area contributed by atoms with Gasteiger partial charge < -0.3 is 9.47 Å². The standard InChI is InChI=1S/C56H38N2/c1-2-19-44(20-3-1)58-54-28-9-8-24-53(54)56-52(27-13-29-55(56)58)43-18-10-21-47(38-43)57(45-34-30-41(31-35-45)50-25-11-16-39-14-4-6-22-48(39)50)46-36-32-42(33-37-46)51-26-12-17-40-15-5-7-23-49(40)51/h1-38H/i10D,18D,21D,30D,31D,32D,33D,34D,35D,36D,37D,38D. The van der Waals surface area contributed by atoms with Crippen LogP contribution in [0.2, 0.25) is 0 Å². The zero-order chi connectivity index (χ0) is 48.9. The van der Waals surface area contributed by atoms with Crippen molar-refractivity contribution in [1.29, 1.82) is 0 Å². The number of rotatable bonds is 7. The molecule has 0 aliphatic heterocycles. The molecule has 0 fully saturated rings. The quantitative estimate of drug-likeness (QED) is 0.157. The molecule has 2 heteroatoms. The van der Waals surface area contributed by atoms with Crippen LogP contribution in [0.25, 0.3) is 82.4 Å². The maximum Gasteiger partial charge on any atom is 0.0651 e. The fourth-order valence-electron chi connectivity index (χ4n) is 7.99. The van der Waals surface area contributed by atoms with Gasteiger partial charge in [-0.05, 0) is 115 Å². The van der Waals surface area contributed by atoms with Crippen molar-refractivity contribution in [2.75, 3.05) is 4.90 Å². The highest BCUT2D eigenvalue weighted by molar-refractivity contribution is 6.16. The Labute approximate surface area is 355 Å². The average Bonchev–Trinajstić information content (AvgIpc) is 3.72. The third-order valence-electron chi connectivity index (χ3n) is 10.6. The Bertz CT molecular complexity index is 3780. The monoisotopic (exact) mass is 750 g/mol. The third-order valence-corrected chi connectivity index (χ3v) is 10.6. The zero-order valence-corrected chi connectivity index (χ0v) is 30.9. The van der Waals surface area contributed by atoms with Crippen LogP contribution in [0, 0.1) is 0 Å². The van der Waals surface area contributed by atoms with Gasteiger partial charge in [-0.25, -0.2) is 0 Å². The molecule has 0 aliphatic carbocycles. The summed E-state index contributed by atoms with van der Waals surface area (Å²) < 4.78 is 118. The van der Waals surface area contributed by atoms with Gasteiger partial charge in [0.2, 0.25) is 0 Å². The highest BCUT2D eigenvalue weighted by Gasteiger charge is 2.19. The highest BCUT2D eigenvalue weighted by Crippen LogP contribution is 2.43. The summed E-state index contributed by atoms with van der Waals surface area (Å²) in [6.45, 7) is 0. The molecule has 0 spiro atoms. The number of hydrogen-bond acceptors (Lipinski definition) is 1. The molecule has 0 N–H and O–H groups in total. The second-order valence-corrected chi connectivity index (χ2v) is 13.9. The largest absolute Gasteiger partial charge is 0.310 e. The Morgan fingerprint density at radius 2 is 0.862 bits per heavy atom. The Hall–Kier alpha value is -7.68. The Balaban J connectivity index is 1.26. The lowest BCUT2D eigenvalue weighted by Gasteiger charge is -2.26. The summed E-state index contributed by atoms with van der Waals surface area (Å²) in [5, 5.41) is 4.32. The Morgan fingerprint density at radius 3 is 1.50 bits per heavy atom. The SMILES string of the molecule is [2H]c1c([2H])c(-c2cccc3c2c2ccccc2n3-c2ccccc2)c([2H])c(N(c2c([2H])c([2H])c(-c3cccc4ccccc34)c([2H])c2[2H])c2c([2H])c([2H])c(-c3cccc4ccccc34)c([2H])c2[2H])c1[2H]. The van der Waals surface area contributed by atoms with Crippen molar-refractivity contribution in [3.63, 3.8) is 0 Å². The minimum absolute atomic E-state index is 0.0385. The van der Waals surface area contributed by atoms with Crippen molar-refractivity contribution in [3.05, 3.63) is 230 Å². The van der Waals surface area contributed by atoms with Crippen LogP contribution in [0.15, 0.2) is 230 Å². The number of benzene rings is 10. The number of fused-ring (bicyclic) bond motifs is 5. The van der Waals surface area contributed by atoms with Crippen molar-refractivity contribution in [3.8, 4) is 39.1 Å². The summed E-state index contributed by atoms with van der Waals surface area (Å²) in [5.41, 5.74) is 1.72. The van der Waals surface area contributed by atoms with Gasteiger partial charge in [-0.3, -0.25) is 0 Å². The van der Waals surface area contributed by atoms with Crippen LogP contribution >= 0.6 is 0 Å². The molecular weight excluding hydrogens is 701 g/mol. The molecule has 0 amide bonds. The first-order chi connectivity index (χ1) is 33.8. The zero-order valence-electron chi connectivity index (χ0n) is 42.9. The third kappa shape index (κ3) is 5.74. The molecule has 2 nitrogen and oxygen atoms in total. The van der Waals surface area contributed by atoms with E-state index in [0.29, 0.717) is 32.8 Å². The normalized spacial score (nSPS) is 14.3. The Morgan fingerprint density at radius 1 is 0.362 bits per heavy atom. The molecule has 272 valence electrons. The van der Waals surface area contributed by atoms with Gasteiger partial charge in [0, 0.05) is 33.5 Å². The maximum absolute atomic E-state index is 10.2. The smallest absolute Gasteiger partial charge is 0.0651 e. The van der Waals surface area contributed by atoms with Gasteiger partial charge in [-0.15, -0.1) is 0 Å². The van der Waals surface area contributed by atoms with Crippen LogP contribution in [-0.2, 0) is 0 Å².